The third-order valence-electron chi connectivity index (χ3n) is 5.90. The number of carbonyl (C=O) groups is 1. The Kier molecular flexibility index (Phi) is 5.08. The average molecular weight is 423 g/mol. The number of hydrogen-bond donors (Lipinski definition) is 1. The van der Waals surface area contributed by atoms with E-state index in [1.54, 1.807) is 22.7 Å². The van der Waals surface area contributed by atoms with Crippen molar-refractivity contribution >= 4 is 43.8 Å². The van der Waals surface area contributed by atoms with Crippen LogP contribution in [-0.4, -0.2) is 35.4 Å². The lowest BCUT2D eigenvalue weighted by atomic mass is 9.97. The zero-order chi connectivity index (χ0) is 19.8. The quantitative estimate of drug-likeness (QED) is 0.670. The van der Waals surface area contributed by atoms with Crippen molar-refractivity contribution in [1.82, 2.24) is 9.88 Å². The Labute approximate surface area is 178 Å². The van der Waals surface area contributed by atoms with Crippen LogP contribution in [-0.2, 0) is 17.6 Å². The molecule has 5 rings (SSSR count). The normalized spacial score (nSPS) is 17.3. The van der Waals surface area contributed by atoms with E-state index in [9.17, 15) is 10.1 Å². The number of likely N-dealkylation sites (tertiary alicyclic amines) is 1. The Morgan fingerprint density at radius 3 is 2.86 bits per heavy atom. The van der Waals surface area contributed by atoms with Gasteiger partial charge in [-0.1, -0.05) is 12.1 Å². The number of nitrogens with one attached hydrogen (secondary N) is 1. The molecule has 1 amide bonds. The lowest BCUT2D eigenvalue weighted by molar-refractivity contribution is -0.117. The number of nitrogens with zero attached hydrogens (tertiary/aromatic N) is 3. The van der Waals surface area contributed by atoms with E-state index in [4.69, 9.17) is 4.98 Å². The summed E-state index contributed by atoms with van der Waals surface area (Å²) in [6.07, 6.45) is 5.18. The molecule has 0 unspecified atom stereocenters. The molecule has 0 atom stereocenters. The van der Waals surface area contributed by atoms with Gasteiger partial charge in [0.05, 0.1) is 27.3 Å². The predicted octanol–water partition coefficient (Wildman–Crippen LogP) is 4.54. The van der Waals surface area contributed by atoms with Crippen molar-refractivity contribution in [2.45, 2.75) is 38.0 Å². The minimum absolute atomic E-state index is 0.0140. The molecule has 5 nitrogen and oxygen atoms in total. The topological polar surface area (TPSA) is 69.0 Å². The summed E-state index contributed by atoms with van der Waals surface area (Å²) in [6.45, 7) is 2.19. The van der Waals surface area contributed by atoms with E-state index in [0.29, 0.717) is 18.0 Å². The molecule has 1 aliphatic heterocycles. The zero-order valence-electron chi connectivity index (χ0n) is 16.1. The van der Waals surface area contributed by atoms with Crippen LogP contribution in [0, 0.1) is 11.3 Å². The summed E-state index contributed by atoms with van der Waals surface area (Å²) in [7, 11) is 0. The summed E-state index contributed by atoms with van der Waals surface area (Å²) in [5, 5.41) is 14.5. The van der Waals surface area contributed by atoms with Gasteiger partial charge in [-0.15, -0.1) is 22.7 Å². The Balaban J connectivity index is 1.18. The fourth-order valence-electron chi connectivity index (χ4n) is 4.38. The molecule has 7 heteroatoms. The van der Waals surface area contributed by atoms with Crippen LogP contribution in [0.5, 0.6) is 0 Å². The van der Waals surface area contributed by atoms with Crippen molar-refractivity contribution in [2.24, 2.45) is 0 Å². The van der Waals surface area contributed by atoms with Crippen molar-refractivity contribution in [3.63, 3.8) is 0 Å². The molecule has 1 aliphatic carbocycles. The number of rotatable bonds is 4. The molecule has 0 spiro atoms. The van der Waals surface area contributed by atoms with Gasteiger partial charge in [0.15, 0.2) is 0 Å². The monoisotopic (exact) mass is 422 g/mol. The number of piperidine rings is 1. The number of aryl methyl sites for hydroxylation is 1. The number of fused-ring (bicyclic) bond motifs is 2. The van der Waals surface area contributed by atoms with Crippen molar-refractivity contribution in [3.8, 4) is 6.07 Å². The van der Waals surface area contributed by atoms with Crippen molar-refractivity contribution < 1.29 is 4.79 Å². The number of anilines is 1. The molecule has 1 fully saturated rings. The molecular weight excluding hydrogens is 400 g/mol. The number of thiophene rings is 1. The van der Waals surface area contributed by atoms with Gasteiger partial charge < -0.3 is 5.32 Å². The molecule has 0 saturated carbocycles. The van der Waals surface area contributed by atoms with Gasteiger partial charge in [0.2, 0.25) is 5.91 Å². The molecule has 0 bridgehead atoms. The van der Waals surface area contributed by atoms with Gasteiger partial charge >= 0.3 is 0 Å². The first kappa shape index (κ1) is 18.7. The maximum Gasteiger partial charge on any atom is 0.239 e. The highest BCUT2D eigenvalue weighted by Gasteiger charge is 2.26. The number of aromatic nitrogens is 1. The smallest absolute Gasteiger partial charge is 0.239 e. The number of amides is 1. The summed E-state index contributed by atoms with van der Waals surface area (Å²) in [5.74, 6) is 0.469. The summed E-state index contributed by atoms with van der Waals surface area (Å²) in [6, 6.07) is 10.6. The highest BCUT2D eigenvalue weighted by Crippen LogP contribution is 2.38. The van der Waals surface area contributed by atoms with Gasteiger partial charge in [-0.3, -0.25) is 9.69 Å². The summed E-state index contributed by atoms with van der Waals surface area (Å²) in [5.41, 5.74) is 2.93. The SMILES string of the molecule is N#Cc1c(NC(=O)CN2CCC(c3nc4ccccc4s3)CC2)sc2c1CCC2. The van der Waals surface area contributed by atoms with E-state index < -0.39 is 0 Å². The van der Waals surface area contributed by atoms with Crippen LogP contribution in [0.3, 0.4) is 0 Å². The first-order valence-electron chi connectivity index (χ1n) is 10.1. The van der Waals surface area contributed by atoms with Gasteiger partial charge in [0.25, 0.3) is 0 Å². The molecule has 3 heterocycles. The Morgan fingerprint density at radius 1 is 1.24 bits per heavy atom. The van der Waals surface area contributed by atoms with Crippen molar-refractivity contribution in [1.29, 1.82) is 5.26 Å². The average Bonchev–Trinajstić information content (AvgIpc) is 3.42. The van der Waals surface area contributed by atoms with Gasteiger partial charge in [0, 0.05) is 10.8 Å². The highest BCUT2D eigenvalue weighted by atomic mass is 32.1. The fraction of sp³-hybridized carbons (Fsp3) is 0.409. The second-order valence-corrected chi connectivity index (χ2v) is 9.96. The third-order valence-corrected chi connectivity index (χ3v) is 8.31. The van der Waals surface area contributed by atoms with Gasteiger partial charge in [0.1, 0.15) is 11.1 Å². The summed E-state index contributed by atoms with van der Waals surface area (Å²) < 4.78 is 1.25. The third kappa shape index (κ3) is 3.68. The molecule has 0 radical (unpaired) electrons. The van der Waals surface area contributed by atoms with Gasteiger partial charge in [-0.2, -0.15) is 5.26 Å². The second kappa shape index (κ2) is 7.86. The molecule has 3 aromatic rings. The first-order chi connectivity index (χ1) is 14.2. The predicted molar refractivity (Wildman–Crippen MR) is 118 cm³/mol. The van der Waals surface area contributed by atoms with Crippen LogP contribution in [0.15, 0.2) is 24.3 Å². The first-order valence-corrected chi connectivity index (χ1v) is 11.8. The standard InChI is InChI=1S/C22H22N4OS2/c23-12-16-15-4-3-7-18(15)28-22(16)25-20(27)13-26-10-8-14(9-11-26)21-24-17-5-1-2-6-19(17)29-21/h1-2,5-6,14H,3-4,7-11,13H2,(H,25,27). The lowest BCUT2D eigenvalue weighted by Crippen LogP contribution is -2.38. The minimum Gasteiger partial charge on any atom is -0.315 e. The fourth-order valence-corrected chi connectivity index (χ4v) is 6.77. The van der Waals surface area contributed by atoms with Gasteiger partial charge in [-0.25, -0.2) is 4.98 Å². The summed E-state index contributed by atoms with van der Waals surface area (Å²) >= 11 is 3.38. The number of para-hydroxylation sites is 1. The van der Waals surface area contributed by atoms with E-state index in [1.165, 1.54) is 14.6 Å². The molecule has 1 saturated heterocycles. The van der Waals surface area contributed by atoms with Gasteiger partial charge in [-0.05, 0) is 62.9 Å². The van der Waals surface area contributed by atoms with Crippen LogP contribution < -0.4 is 5.32 Å². The lowest BCUT2D eigenvalue weighted by Gasteiger charge is -2.30. The van der Waals surface area contributed by atoms with E-state index in [0.717, 1.165) is 61.3 Å². The molecule has 1 N–H and O–H groups in total. The number of hydrogen-bond acceptors (Lipinski definition) is 6. The number of nitriles is 1. The van der Waals surface area contributed by atoms with E-state index in [-0.39, 0.29) is 5.91 Å². The number of carbonyl (C=O) groups excluding carboxylic acids is 1. The van der Waals surface area contributed by atoms with Crippen molar-refractivity contribution in [3.05, 3.63) is 45.3 Å². The summed E-state index contributed by atoms with van der Waals surface area (Å²) in [4.78, 5) is 20.9. The molecule has 29 heavy (non-hydrogen) atoms. The van der Waals surface area contributed by atoms with E-state index >= 15 is 0 Å². The second-order valence-electron chi connectivity index (χ2n) is 7.79. The molecule has 2 aromatic heterocycles. The highest BCUT2D eigenvalue weighted by molar-refractivity contribution is 7.18. The number of benzene rings is 1. The van der Waals surface area contributed by atoms with E-state index in [2.05, 4.69) is 34.5 Å². The Hall–Kier alpha value is -2.27. The maximum atomic E-state index is 12.6. The van der Waals surface area contributed by atoms with Crippen LogP contribution in [0.2, 0.25) is 0 Å². The Bertz CT molecular complexity index is 1070. The van der Waals surface area contributed by atoms with Crippen molar-refractivity contribution in [2.75, 3.05) is 25.0 Å². The van der Waals surface area contributed by atoms with Crippen LogP contribution >= 0.6 is 22.7 Å². The number of thiazole rings is 1. The minimum atomic E-state index is -0.0140. The molecule has 2 aliphatic rings. The zero-order valence-corrected chi connectivity index (χ0v) is 17.7. The Morgan fingerprint density at radius 2 is 2.07 bits per heavy atom. The van der Waals surface area contributed by atoms with Crippen LogP contribution in [0.4, 0.5) is 5.00 Å². The van der Waals surface area contributed by atoms with Crippen LogP contribution in [0.1, 0.15) is 46.2 Å². The molecular formula is C22H22N4OS2. The maximum absolute atomic E-state index is 12.6. The molecule has 1 aromatic carbocycles. The van der Waals surface area contributed by atoms with E-state index in [1.807, 2.05) is 6.07 Å². The van der Waals surface area contributed by atoms with Crippen LogP contribution in [0.25, 0.3) is 10.2 Å². The molecule has 148 valence electrons. The largest absolute Gasteiger partial charge is 0.315 e.